The molecule has 0 aromatic carbocycles. The third-order valence-corrected chi connectivity index (χ3v) is 7.44. The number of rotatable bonds is 4. The van der Waals surface area contributed by atoms with Crippen molar-refractivity contribution in [2.24, 2.45) is 0 Å². The smallest absolute Gasteiger partial charge is 0.229 e. The average molecular weight is 327 g/mol. The quantitative estimate of drug-likeness (QED) is 0.924. The molecule has 2 heterocycles. The highest BCUT2D eigenvalue weighted by molar-refractivity contribution is 8.00. The van der Waals surface area contributed by atoms with Crippen LogP contribution in [0.5, 0.6) is 0 Å². The monoisotopic (exact) mass is 326 g/mol. The van der Waals surface area contributed by atoms with E-state index in [-0.39, 0.29) is 8.68 Å². The standard InChI is InChI=1S/C10H15ClN2O2S3/c1-7-9(17-10(11)13-7)18(14,15)12-6-8-4-2-3-5-16-8/h8,12H,2-6H2,1H3. The Balaban J connectivity index is 2.01. The van der Waals surface area contributed by atoms with Crippen LogP contribution >= 0.6 is 34.7 Å². The van der Waals surface area contributed by atoms with E-state index in [1.54, 1.807) is 6.92 Å². The molecule has 0 aliphatic carbocycles. The maximum Gasteiger partial charge on any atom is 0.252 e. The van der Waals surface area contributed by atoms with E-state index < -0.39 is 10.0 Å². The van der Waals surface area contributed by atoms with Gasteiger partial charge in [-0.3, -0.25) is 0 Å². The van der Waals surface area contributed by atoms with Gasteiger partial charge in [-0.05, 0) is 25.5 Å². The Hall–Kier alpha value is 0.180. The topological polar surface area (TPSA) is 59.1 Å². The van der Waals surface area contributed by atoms with Crippen LogP contribution in [0.1, 0.15) is 25.0 Å². The first-order valence-electron chi connectivity index (χ1n) is 5.73. The van der Waals surface area contributed by atoms with Crippen LogP contribution < -0.4 is 4.72 Å². The maximum atomic E-state index is 12.1. The predicted octanol–water partition coefficient (Wildman–Crippen LogP) is 2.67. The minimum absolute atomic E-state index is 0.230. The van der Waals surface area contributed by atoms with E-state index in [1.165, 1.54) is 12.8 Å². The molecule has 1 aromatic rings. The fraction of sp³-hybridized carbons (Fsp3) is 0.700. The minimum Gasteiger partial charge on any atom is -0.229 e. The summed E-state index contributed by atoms with van der Waals surface area (Å²) in [5.74, 6) is 1.12. The molecule has 2 rings (SSSR count). The van der Waals surface area contributed by atoms with Gasteiger partial charge in [0.05, 0.1) is 5.69 Å². The molecule has 0 amide bonds. The van der Waals surface area contributed by atoms with Gasteiger partial charge in [0.2, 0.25) is 0 Å². The normalized spacial score (nSPS) is 21.1. The first-order chi connectivity index (χ1) is 8.49. The summed E-state index contributed by atoms with van der Waals surface area (Å²) in [7, 11) is -3.46. The Labute approximate surface area is 121 Å². The fourth-order valence-corrected chi connectivity index (χ4v) is 6.04. The lowest BCUT2D eigenvalue weighted by Crippen LogP contribution is -2.31. The van der Waals surface area contributed by atoms with E-state index in [1.807, 2.05) is 11.8 Å². The number of thiazole rings is 1. The summed E-state index contributed by atoms with van der Waals surface area (Å²) in [6, 6.07) is 0. The first kappa shape index (κ1) is 14.6. The summed E-state index contributed by atoms with van der Waals surface area (Å²) in [6.07, 6.45) is 3.50. The third kappa shape index (κ3) is 3.60. The van der Waals surface area contributed by atoms with Gasteiger partial charge in [-0.25, -0.2) is 18.1 Å². The van der Waals surface area contributed by atoms with Gasteiger partial charge in [-0.15, -0.1) is 0 Å². The Morgan fingerprint density at radius 2 is 2.28 bits per heavy atom. The molecule has 0 saturated carbocycles. The molecule has 0 spiro atoms. The molecule has 18 heavy (non-hydrogen) atoms. The number of nitrogens with one attached hydrogen (secondary N) is 1. The second-order valence-corrected chi connectivity index (χ2v) is 9.13. The highest BCUT2D eigenvalue weighted by atomic mass is 35.5. The summed E-state index contributed by atoms with van der Waals surface area (Å²) in [6.45, 7) is 2.15. The molecule has 1 aliphatic heterocycles. The second-order valence-electron chi connectivity index (χ2n) is 4.18. The molecule has 4 nitrogen and oxygen atoms in total. The lowest BCUT2D eigenvalue weighted by atomic mass is 10.2. The van der Waals surface area contributed by atoms with Crippen molar-refractivity contribution < 1.29 is 8.42 Å². The predicted molar refractivity (Wildman–Crippen MR) is 77.1 cm³/mol. The number of hydrogen-bond acceptors (Lipinski definition) is 5. The van der Waals surface area contributed by atoms with Crippen molar-refractivity contribution in [2.45, 2.75) is 35.6 Å². The molecule has 0 radical (unpaired) electrons. The third-order valence-electron chi connectivity index (χ3n) is 2.75. The number of thioether (sulfide) groups is 1. The Bertz CT molecular complexity index is 509. The molecular formula is C10H15ClN2O2S3. The number of nitrogens with zero attached hydrogens (tertiary/aromatic N) is 1. The summed E-state index contributed by atoms with van der Waals surface area (Å²) in [5.41, 5.74) is 0.466. The van der Waals surface area contributed by atoms with Crippen LogP contribution in [0.2, 0.25) is 4.47 Å². The summed E-state index contributed by atoms with van der Waals surface area (Å²) in [5, 5.41) is 0.386. The first-order valence-corrected chi connectivity index (χ1v) is 9.46. The van der Waals surface area contributed by atoms with Gasteiger partial charge in [-0.1, -0.05) is 29.4 Å². The van der Waals surface area contributed by atoms with Gasteiger partial charge in [0.1, 0.15) is 0 Å². The van der Waals surface area contributed by atoms with Crippen molar-refractivity contribution in [3.63, 3.8) is 0 Å². The Morgan fingerprint density at radius 3 is 2.83 bits per heavy atom. The van der Waals surface area contributed by atoms with Gasteiger partial charge in [0.25, 0.3) is 10.0 Å². The van der Waals surface area contributed by atoms with E-state index in [9.17, 15) is 8.42 Å². The molecule has 1 N–H and O–H groups in total. The minimum atomic E-state index is -3.46. The van der Waals surface area contributed by atoms with Crippen molar-refractivity contribution in [1.29, 1.82) is 0 Å². The molecule has 1 aliphatic rings. The fourth-order valence-electron chi connectivity index (χ4n) is 1.84. The van der Waals surface area contributed by atoms with Gasteiger partial charge in [-0.2, -0.15) is 11.8 Å². The zero-order valence-electron chi connectivity index (χ0n) is 9.98. The van der Waals surface area contributed by atoms with Crippen LogP contribution in [0.15, 0.2) is 4.21 Å². The lowest BCUT2D eigenvalue weighted by Gasteiger charge is -2.21. The van der Waals surface area contributed by atoms with Crippen LogP contribution in [0.4, 0.5) is 0 Å². The number of aryl methyl sites for hydroxylation is 1. The van der Waals surface area contributed by atoms with Crippen LogP contribution in [0.3, 0.4) is 0 Å². The molecule has 1 atom stereocenters. The van der Waals surface area contributed by atoms with Gasteiger partial charge in [0.15, 0.2) is 8.68 Å². The average Bonchev–Trinajstić information content (AvgIpc) is 2.68. The van der Waals surface area contributed by atoms with Crippen molar-refractivity contribution in [1.82, 2.24) is 9.71 Å². The SMILES string of the molecule is Cc1nc(Cl)sc1S(=O)(=O)NCC1CCCCS1. The van der Waals surface area contributed by atoms with Crippen LogP contribution in [-0.2, 0) is 10.0 Å². The summed E-state index contributed by atoms with van der Waals surface area (Å²) < 4.78 is 27.4. The molecule has 8 heteroatoms. The second kappa shape index (κ2) is 6.09. The van der Waals surface area contributed by atoms with Crippen LogP contribution in [-0.4, -0.2) is 30.9 Å². The van der Waals surface area contributed by atoms with Gasteiger partial charge in [0, 0.05) is 11.8 Å². The van der Waals surface area contributed by atoms with E-state index in [0.717, 1.165) is 23.5 Å². The summed E-state index contributed by atoms with van der Waals surface area (Å²) >= 11 is 8.58. The van der Waals surface area contributed by atoms with Crippen LogP contribution in [0, 0.1) is 6.92 Å². The molecular weight excluding hydrogens is 312 g/mol. The highest BCUT2D eigenvalue weighted by Crippen LogP contribution is 2.28. The van der Waals surface area contributed by atoms with E-state index in [4.69, 9.17) is 11.6 Å². The number of halogens is 1. The number of sulfonamides is 1. The van der Waals surface area contributed by atoms with Gasteiger partial charge < -0.3 is 0 Å². The molecule has 102 valence electrons. The van der Waals surface area contributed by atoms with Crippen molar-refractivity contribution >= 4 is 44.7 Å². The lowest BCUT2D eigenvalue weighted by molar-refractivity contribution is 0.575. The Morgan fingerprint density at radius 1 is 1.50 bits per heavy atom. The highest BCUT2D eigenvalue weighted by Gasteiger charge is 2.23. The molecule has 1 aromatic heterocycles. The molecule has 1 unspecified atom stereocenters. The number of aromatic nitrogens is 1. The van der Waals surface area contributed by atoms with Crippen molar-refractivity contribution in [3.8, 4) is 0 Å². The zero-order chi connectivity index (χ0) is 13.2. The van der Waals surface area contributed by atoms with E-state index in [0.29, 0.717) is 17.5 Å². The maximum absolute atomic E-state index is 12.1. The van der Waals surface area contributed by atoms with E-state index in [2.05, 4.69) is 9.71 Å². The molecule has 1 saturated heterocycles. The van der Waals surface area contributed by atoms with E-state index >= 15 is 0 Å². The van der Waals surface area contributed by atoms with Crippen molar-refractivity contribution in [3.05, 3.63) is 10.2 Å². The number of hydrogen-bond donors (Lipinski definition) is 1. The van der Waals surface area contributed by atoms with Crippen molar-refractivity contribution in [2.75, 3.05) is 12.3 Å². The zero-order valence-corrected chi connectivity index (χ0v) is 13.2. The van der Waals surface area contributed by atoms with Crippen LogP contribution in [0.25, 0.3) is 0 Å². The Kier molecular flexibility index (Phi) is 4.93. The largest absolute Gasteiger partial charge is 0.252 e. The van der Waals surface area contributed by atoms with Gasteiger partial charge >= 0.3 is 0 Å². The summed E-state index contributed by atoms with van der Waals surface area (Å²) in [4.78, 5) is 3.93. The molecule has 0 bridgehead atoms. The molecule has 1 fully saturated rings.